The second-order valence-corrected chi connectivity index (χ2v) is 9.63. The molecule has 2 aliphatic rings. The molecule has 4 rings (SSSR count). The van der Waals surface area contributed by atoms with E-state index in [1.54, 1.807) is 11.8 Å². The first kappa shape index (κ1) is 24.2. The fourth-order valence-electron chi connectivity index (χ4n) is 5.29. The van der Waals surface area contributed by atoms with Gasteiger partial charge in [-0.15, -0.1) is 0 Å². The molecule has 7 heteroatoms. The van der Waals surface area contributed by atoms with Crippen LogP contribution in [-0.4, -0.2) is 65.3 Å². The summed E-state index contributed by atoms with van der Waals surface area (Å²) in [6, 6.07) is 14.1. The number of benzene rings is 2. The quantitative estimate of drug-likeness (QED) is 0.689. The molecule has 2 amide bonds. The van der Waals surface area contributed by atoms with Crippen LogP contribution in [0.2, 0.25) is 0 Å². The van der Waals surface area contributed by atoms with Gasteiger partial charge in [-0.3, -0.25) is 14.6 Å². The summed E-state index contributed by atoms with van der Waals surface area (Å²) in [6.45, 7) is 11.7. The van der Waals surface area contributed by atoms with Gasteiger partial charge >= 0.3 is 6.09 Å². The van der Waals surface area contributed by atoms with E-state index in [0.29, 0.717) is 6.42 Å². The Labute approximate surface area is 201 Å². The van der Waals surface area contributed by atoms with Crippen molar-refractivity contribution in [2.75, 3.05) is 31.2 Å². The third-order valence-electron chi connectivity index (χ3n) is 6.90. The second kappa shape index (κ2) is 10.2. The number of nitrogens with zero attached hydrogens (tertiary/aromatic N) is 3. The van der Waals surface area contributed by atoms with Crippen LogP contribution in [0.5, 0.6) is 0 Å². The van der Waals surface area contributed by atoms with Crippen molar-refractivity contribution in [3.63, 3.8) is 0 Å². The zero-order valence-electron chi connectivity index (χ0n) is 20.5. The highest BCUT2D eigenvalue weighted by Crippen LogP contribution is 2.43. The summed E-state index contributed by atoms with van der Waals surface area (Å²) in [5.74, 6) is -0.0289. The molecular formula is C27H35N3O4. The van der Waals surface area contributed by atoms with Gasteiger partial charge in [-0.05, 0) is 61.6 Å². The van der Waals surface area contributed by atoms with Gasteiger partial charge in [-0.2, -0.15) is 0 Å². The van der Waals surface area contributed by atoms with Crippen LogP contribution in [0.1, 0.15) is 51.3 Å². The van der Waals surface area contributed by atoms with E-state index >= 15 is 0 Å². The van der Waals surface area contributed by atoms with Crippen LogP contribution in [-0.2, 0) is 16.1 Å². The van der Waals surface area contributed by atoms with Crippen LogP contribution in [0.25, 0.3) is 11.1 Å². The molecule has 2 aromatic carbocycles. The van der Waals surface area contributed by atoms with Gasteiger partial charge < -0.3 is 14.7 Å². The standard InChI is InChI=1S/C27H35N3O4/c1-18(2)29(27(32)33)26-15-19(3)30(20(4)31)25-10-9-23(16-24(25)26)22-7-5-21(6-8-22)17-28-11-13-34-14-12-28/h5-10,16,18-19,26H,11-15,17H2,1-4H3,(H,32,33)/t19-,26+/m0/s1. The van der Waals surface area contributed by atoms with E-state index < -0.39 is 6.09 Å². The lowest BCUT2D eigenvalue weighted by Crippen LogP contribution is -2.48. The lowest BCUT2D eigenvalue weighted by Gasteiger charge is -2.43. The largest absolute Gasteiger partial charge is 0.465 e. The number of morpholine rings is 1. The van der Waals surface area contributed by atoms with E-state index in [0.717, 1.165) is 55.2 Å². The van der Waals surface area contributed by atoms with Gasteiger partial charge in [-0.25, -0.2) is 4.79 Å². The lowest BCUT2D eigenvalue weighted by molar-refractivity contribution is -0.117. The molecule has 0 unspecified atom stereocenters. The van der Waals surface area contributed by atoms with E-state index in [4.69, 9.17) is 4.74 Å². The zero-order chi connectivity index (χ0) is 24.4. The van der Waals surface area contributed by atoms with Gasteiger partial charge in [0.1, 0.15) is 0 Å². The third kappa shape index (κ3) is 4.95. The Morgan fingerprint density at radius 2 is 1.74 bits per heavy atom. The Balaban J connectivity index is 1.67. The molecule has 2 aliphatic heterocycles. The molecule has 1 N–H and O–H groups in total. The van der Waals surface area contributed by atoms with Crippen molar-refractivity contribution in [3.05, 3.63) is 53.6 Å². The van der Waals surface area contributed by atoms with Crippen LogP contribution in [0.15, 0.2) is 42.5 Å². The molecule has 0 bridgehead atoms. The number of carbonyl (C=O) groups is 2. The molecule has 0 aromatic heterocycles. The zero-order valence-corrected chi connectivity index (χ0v) is 20.5. The number of amides is 2. The van der Waals surface area contributed by atoms with Crippen LogP contribution in [0, 0.1) is 0 Å². The Morgan fingerprint density at radius 1 is 1.09 bits per heavy atom. The first-order chi connectivity index (χ1) is 16.3. The minimum Gasteiger partial charge on any atom is -0.465 e. The molecule has 2 atom stereocenters. The van der Waals surface area contributed by atoms with Crippen molar-refractivity contribution >= 4 is 17.7 Å². The number of hydrogen-bond acceptors (Lipinski definition) is 4. The normalized spacial score (nSPS) is 20.8. The summed E-state index contributed by atoms with van der Waals surface area (Å²) in [6.07, 6.45) is -0.369. The molecule has 0 aliphatic carbocycles. The van der Waals surface area contributed by atoms with Crippen LogP contribution in [0.3, 0.4) is 0 Å². The maximum Gasteiger partial charge on any atom is 0.408 e. The van der Waals surface area contributed by atoms with E-state index in [-0.39, 0.29) is 24.0 Å². The highest BCUT2D eigenvalue weighted by atomic mass is 16.5. The average Bonchev–Trinajstić information content (AvgIpc) is 2.79. The number of carboxylic acid groups (broad SMARTS) is 1. The number of anilines is 1. The monoisotopic (exact) mass is 465 g/mol. The first-order valence-electron chi connectivity index (χ1n) is 12.1. The van der Waals surface area contributed by atoms with Crippen molar-refractivity contribution in [3.8, 4) is 11.1 Å². The predicted molar refractivity (Wildman–Crippen MR) is 133 cm³/mol. The van der Waals surface area contributed by atoms with Gasteiger partial charge in [0, 0.05) is 44.3 Å². The summed E-state index contributed by atoms with van der Waals surface area (Å²) in [5.41, 5.74) is 5.05. The number of carbonyl (C=O) groups excluding carboxylic acids is 1. The number of hydrogen-bond donors (Lipinski definition) is 1. The molecule has 0 saturated carbocycles. The summed E-state index contributed by atoms with van der Waals surface area (Å²) in [5, 5.41) is 9.97. The van der Waals surface area contributed by atoms with Gasteiger partial charge in [0.15, 0.2) is 0 Å². The van der Waals surface area contributed by atoms with E-state index in [1.165, 1.54) is 10.5 Å². The summed E-state index contributed by atoms with van der Waals surface area (Å²) >= 11 is 0. The third-order valence-corrected chi connectivity index (χ3v) is 6.90. The van der Waals surface area contributed by atoms with Crippen LogP contribution < -0.4 is 4.90 Å². The minimum atomic E-state index is -0.938. The van der Waals surface area contributed by atoms with Crippen molar-refractivity contribution in [1.29, 1.82) is 0 Å². The summed E-state index contributed by atoms with van der Waals surface area (Å²) < 4.78 is 5.44. The highest BCUT2D eigenvalue weighted by Gasteiger charge is 2.38. The lowest BCUT2D eigenvalue weighted by atomic mass is 9.87. The Kier molecular flexibility index (Phi) is 7.24. The van der Waals surface area contributed by atoms with Crippen molar-refractivity contribution in [2.24, 2.45) is 0 Å². The fraction of sp³-hybridized carbons (Fsp3) is 0.481. The summed E-state index contributed by atoms with van der Waals surface area (Å²) in [7, 11) is 0. The number of ether oxygens (including phenoxy) is 1. The van der Waals surface area contributed by atoms with Crippen LogP contribution in [0.4, 0.5) is 10.5 Å². The van der Waals surface area contributed by atoms with Gasteiger partial charge in [0.25, 0.3) is 0 Å². The van der Waals surface area contributed by atoms with E-state index in [2.05, 4.69) is 35.2 Å². The second-order valence-electron chi connectivity index (χ2n) is 9.63. The molecule has 182 valence electrons. The maximum absolute atomic E-state index is 12.5. The molecule has 34 heavy (non-hydrogen) atoms. The number of fused-ring (bicyclic) bond motifs is 1. The van der Waals surface area contributed by atoms with Crippen molar-refractivity contribution in [2.45, 2.75) is 58.8 Å². The molecule has 2 heterocycles. The minimum absolute atomic E-state index is 0.0289. The molecule has 0 spiro atoms. The molecule has 2 aromatic rings. The SMILES string of the molecule is CC(=O)N1c2ccc(-c3ccc(CN4CCOCC4)cc3)cc2[C@H](N(C(=O)O)C(C)C)C[C@@H]1C. The molecule has 7 nitrogen and oxygen atoms in total. The number of rotatable bonds is 5. The molecule has 1 fully saturated rings. The average molecular weight is 466 g/mol. The molecule has 1 saturated heterocycles. The topological polar surface area (TPSA) is 73.3 Å². The maximum atomic E-state index is 12.5. The van der Waals surface area contributed by atoms with E-state index in [9.17, 15) is 14.7 Å². The molecule has 0 radical (unpaired) electrons. The summed E-state index contributed by atoms with van der Waals surface area (Å²) in [4.78, 5) is 30.3. The van der Waals surface area contributed by atoms with Crippen molar-refractivity contribution < 1.29 is 19.4 Å². The first-order valence-corrected chi connectivity index (χ1v) is 12.1. The Bertz CT molecular complexity index is 1030. The predicted octanol–water partition coefficient (Wildman–Crippen LogP) is 4.76. The van der Waals surface area contributed by atoms with Crippen LogP contribution >= 0.6 is 0 Å². The van der Waals surface area contributed by atoms with Crippen molar-refractivity contribution in [1.82, 2.24) is 9.80 Å². The van der Waals surface area contributed by atoms with Gasteiger partial charge in [0.2, 0.25) is 5.91 Å². The fourth-order valence-corrected chi connectivity index (χ4v) is 5.29. The smallest absolute Gasteiger partial charge is 0.408 e. The molecular weight excluding hydrogens is 430 g/mol. The Morgan fingerprint density at radius 3 is 2.32 bits per heavy atom. The van der Waals surface area contributed by atoms with Gasteiger partial charge in [0.05, 0.1) is 19.3 Å². The highest BCUT2D eigenvalue weighted by molar-refractivity contribution is 5.94. The van der Waals surface area contributed by atoms with Gasteiger partial charge in [-0.1, -0.05) is 30.3 Å². The Hall–Kier alpha value is -2.90. The van der Waals surface area contributed by atoms with E-state index in [1.807, 2.05) is 32.9 Å².